The lowest BCUT2D eigenvalue weighted by Gasteiger charge is -2.26. The third-order valence-electron chi connectivity index (χ3n) is 3.11. The highest BCUT2D eigenvalue weighted by Crippen LogP contribution is 1.99. The number of carbonyl (C=O) groups excluding carboxylic acids is 1. The van der Waals surface area contributed by atoms with Crippen LogP contribution >= 0.6 is 0 Å². The summed E-state index contributed by atoms with van der Waals surface area (Å²) >= 11 is 0. The number of nitrogens with two attached hydrogens (primary N) is 1. The fourth-order valence-corrected chi connectivity index (χ4v) is 1.92. The fraction of sp³-hybridized carbons (Fsp3) is 0.538. The highest BCUT2D eigenvalue weighted by atomic mass is 16.5. The van der Waals surface area contributed by atoms with E-state index in [0.717, 1.165) is 38.4 Å². The molecule has 0 aromatic carbocycles. The van der Waals surface area contributed by atoms with Gasteiger partial charge in [0.05, 0.1) is 13.2 Å². The standard InChI is InChI=1S/C13H20N4O2/c14-9-11-1-2-12(16-10-11)13(18)15-3-4-17-5-7-19-8-6-17/h1-2,10H,3-9,14H2,(H,15,18). The molecule has 1 fully saturated rings. The van der Waals surface area contributed by atoms with Gasteiger partial charge in [0.25, 0.3) is 5.91 Å². The predicted octanol–water partition coefficient (Wildman–Crippen LogP) is -0.398. The number of ether oxygens (including phenoxy) is 1. The lowest BCUT2D eigenvalue weighted by molar-refractivity contribution is 0.0383. The molecule has 0 bridgehead atoms. The third kappa shape index (κ3) is 4.27. The molecule has 6 heteroatoms. The van der Waals surface area contributed by atoms with Gasteiger partial charge < -0.3 is 15.8 Å². The second-order valence-corrected chi connectivity index (χ2v) is 4.47. The first-order valence-electron chi connectivity index (χ1n) is 6.53. The number of hydrogen-bond donors (Lipinski definition) is 2. The Kier molecular flexibility index (Phi) is 5.26. The molecule has 0 atom stereocenters. The third-order valence-corrected chi connectivity index (χ3v) is 3.11. The lowest BCUT2D eigenvalue weighted by Crippen LogP contribution is -2.41. The quantitative estimate of drug-likeness (QED) is 0.756. The van der Waals surface area contributed by atoms with Crippen LogP contribution in [-0.2, 0) is 11.3 Å². The van der Waals surface area contributed by atoms with Crippen molar-refractivity contribution in [3.05, 3.63) is 29.6 Å². The molecule has 104 valence electrons. The fourth-order valence-electron chi connectivity index (χ4n) is 1.92. The SMILES string of the molecule is NCc1ccc(C(=O)NCCN2CCOCC2)nc1. The molecule has 0 spiro atoms. The van der Waals surface area contributed by atoms with Crippen LogP contribution in [0.25, 0.3) is 0 Å². The minimum atomic E-state index is -0.142. The summed E-state index contributed by atoms with van der Waals surface area (Å²) in [5.74, 6) is -0.142. The van der Waals surface area contributed by atoms with Gasteiger partial charge in [-0.2, -0.15) is 0 Å². The second kappa shape index (κ2) is 7.18. The van der Waals surface area contributed by atoms with Gasteiger partial charge in [0.1, 0.15) is 5.69 Å². The van der Waals surface area contributed by atoms with Gasteiger partial charge in [-0.15, -0.1) is 0 Å². The van der Waals surface area contributed by atoms with Gasteiger partial charge in [-0.05, 0) is 11.6 Å². The summed E-state index contributed by atoms with van der Waals surface area (Å²) in [7, 11) is 0. The Morgan fingerprint density at radius 2 is 2.21 bits per heavy atom. The zero-order valence-electron chi connectivity index (χ0n) is 11.0. The molecule has 1 aromatic heterocycles. The van der Waals surface area contributed by atoms with Gasteiger partial charge in [0.2, 0.25) is 0 Å². The molecule has 1 aromatic rings. The number of aromatic nitrogens is 1. The molecule has 1 saturated heterocycles. The van der Waals surface area contributed by atoms with Gasteiger partial charge in [0, 0.05) is 38.9 Å². The molecule has 19 heavy (non-hydrogen) atoms. The highest BCUT2D eigenvalue weighted by Gasteiger charge is 2.11. The van der Waals surface area contributed by atoms with Crippen LogP contribution in [0.2, 0.25) is 0 Å². The molecule has 0 saturated carbocycles. The van der Waals surface area contributed by atoms with Crippen molar-refractivity contribution in [2.75, 3.05) is 39.4 Å². The van der Waals surface area contributed by atoms with Crippen molar-refractivity contribution in [3.63, 3.8) is 0 Å². The smallest absolute Gasteiger partial charge is 0.269 e. The number of amides is 1. The van der Waals surface area contributed by atoms with Crippen molar-refractivity contribution < 1.29 is 9.53 Å². The van der Waals surface area contributed by atoms with Crippen molar-refractivity contribution in [2.45, 2.75) is 6.54 Å². The zero-order chi connectivity index (χ0) is 13.5. The summed E-state index contributed by atoms with van der Waals surface area (Å²) < 4.78 is 5.27. The summed E-state index contributed by atoms with van der Waals surface area (Å²) in [5, 5.41) is 2.87. The molecule has 0 unspecified atom stereocenters. The van der Waals surface area contributed by atoms with Crippen LogP contribution in [0.1, 0.15) is 16.1 Å². The van der Waals surface area contributed by atoms with Crippen LogP contribution < -0.4 is 11.1 Å². The average molecular weight is 264 g/mol. The normalized spacial score (nSPS) is 16.3. The van der Waals surface area contributed by atoms with Crippen LogP contribution in [0.4, 0.5) is 0 Å². The van der Waals surface area contributed by atoms with Crippen molar-refractivity contribution in [2.24, 2.45) is 5.73 Å². The minimum absolute atomic E-state index is 0.142. The van der Waals surface area contributed by atoms with Gasteiger partial charge >= 0.3 is 0 Å². The molecule has 0 radical (unpaired) electrons. The Hall–Kier alpha value is -1.50. The zero-order valence-corrected chi connectivity index (χ0v) is 11.0. The number of morpholine rings is 1. The van der Waals surface area contributed by atoms with Gasteiger partial charge in [-0.1, -0.05) is 6.07 Å². The Morgan fingerprint density at radius 3 is 2.84 bits per heavy atom. The Bertz CT molecular complexity index is 402. The Labute approximate surface area is 112 Å². The summed E-state index contributed by atoms with van der Waals surface area (Å²) in [4.78, 5) is 18.2. The van der Waals surface area contributed by atoms with Gasteiger partial charge in [-0.3, -0.25) is 14.7 Å². The first kappa shape index (κ1) is 13.9. The molecule has 6 nitrogen and oxygen atoms in total. The molecular weight excluding hydrogens is 244 g/mol. The van der Waals surface area contributed by atoms with Crippen LogP contribution in [0, 0.1) is 0 Å². The molecule has 2 rings (SSSR count). The van der Waals surface area contributed by atoms with E-state index in [-0.39, 0.29) is 5.91 Å². The van der Waals surface area contributed by atoms with Crippen molar-refractivity contribution in [1.29, 1.82) is 0 Å². The van der Waals surface area contributed by atoms with Crippen molar-refractivity contribution in [1.82, 2.24) is 15.2 Å². The number of nitrogens with one attached hydrogen (secondary N) is 1. The van der Waals surface area contributed by atoms with E-state index in [1.807, 2.05) is 6.07 Å². The molecular formula is C13H20N4O2. The van der Waals surface area contributed by atoms with Crippen LogP contribution in [-0.4, -0.2) is 55.2 Å². The maximum atomic E-state index is 11.8. The van der Waals surface area contributed by atoms with Gasteiger partial charge in [-0.25, -0.2) is 0 Å². The molecule has 1 amide bonds. The number of pyridine rings is 1. The van der Waals surface area contributed by atoms with Crippen LogP contribution in [0.15, 0.2) is 18.3 Å². The van der Waals surface area contributed by atoms with E-state index in [4.69, 9.17) is 10.5 Å². The maximum absolute atomic E-state index is 11.8. The van der Waals surface area contributed by atoms with Crippen molar-refractivity contribution >= 4 is 5.91 Å². The van der Waals surface area contributed by atoms with E-state index in [2.05, 4.69) is 15.2 Å². The van der Waals surface area contributed by atoms with E-state index in [9.17, 15) is 4.79 Å². The second-order valence-electron chi connectivity index (χ2n) is 4.47. The summed E-state index contributed by atoms with van der Waals surface area (Å²) in [6.07, 6.45) is 1.64. The Balaban J connectivity index is 1.73. The summed E-state index contributed by atoms with van der Waals surface area (Å²) in [5.41, 5.74) is 6.83. The van der Waals surface area contributed by atoms with Crippen molar-refractivity contribution in [3.8, 4) is 0 Å². The van der Waals surface area contributed by atoms with E-state index in [1.165, 1.54) is 0 Å². The minimum Gasteiger partial charge on any atom is -0.379 e. The first-order valence-corrected chi connectivity index (χ1v) is 6.53. The first-order chi connectivity index (χ1) is 9.29. The topological polar surface area (TPSA) is 80.5 Å². The Morgan fingerprint density at radius 1 is 1.42 bits per heavy atom. The monoisotopic (exact) mass is 264 g/mol. The molecule has 1 aliphatic rings. The average Bonchev–Trinajstić information content (AvgIpc) is 2.48. The van der Waals surface area contributed by atoms with E-state index in [0.29, 0.717) is 18.8 Å². The number of hydrogen-bond acceptors (Lipinski definition) is 5. The number of rotatable bonds is 5. The maximum Gasteiger partial charge on any atom is 0.269 e. The molecule has 1 aliphatic heterocycles. The molecule has 2 heterocycles. The largest absolute Gasteiger partial charge is 0.379 e. The molecule has 3 N–H and O–H groups in total. The summed E-state index contributed by atoms with van der Waals surface area (Å²) in [6.45, 7) is 5.31. The van der Waals surface area contributed by atoms with Crippen LogP contribution in [0.3, 0.4) is 0 Å². The van der Waals surface area contributed by atoms with Gasteiger partial charge in [0.15, 0.2) is 0 Å². The highest BCUT2D eigenvalue weighted by molar-refractivity contribution is 5.92. The lowest BCUT2D eigenvalue weighted by atomic mass is 10.2. The number of nitrogens with zero attached hydrogens (tertiary/aromatic N) is 2. The van der Waals surface area contributed by atoms with E-state index < -0.39 is 0 Å². The number of carbonyl (C=O) groups is 1. The van der Waals surface area contributed by atoms with Crippen LogP contribution in [0.5, 0.6) is 0 Å². The molecule has 0 aliphatic carbocycles. The summed E-state index contributed by atoms with van der Waals surface area (Å²) in [6, 6.07) is 3.52. The van der Waals surface area contributed by atoms with E-state index >= 15 is 0 Å². The van der Waals surface area contributed by atoms with E-state index in [1.54, 1.807) is 12.3 Å². The predicted molar refractivity (Wildman–Crippen MR) is 71.7 cm³/mol.